The lowest BCUT2D eigenvalue weighted by Crippen LogP contribution is -2.09. The Hall–Kier alpha value is -3.95. The minimum absolute atomic E-state index is 0.0221. The fourth-order valence-electron chi connectivity index (χ4n) is 2.37. The van der Waals surface area contributed by atoms with E-state index in [-0.39, 0.29) is 11.6 Å². The van der Waals surface area contributed by atoms with E-state index in [0.717, 1.165) is 5.56 Å². The van der Waals surface area contributed by atoms with E-state index in [2.05, 4.69) is 25.6 Å². The van der Waals surface area contributed by atoms with Crippen LogP contribution in [0, 0.1) is 0 Å². The Labute approximate surface area is 139 Å². The van der Waals surface area contributed by atoms with Gasteiger partial charge in [-0.15, -0.1) is 10.2 Å². The molecule has 0 bridgehead atoms. The largest absolute Gasteiger partial charge is 0.504 e. The molecule has 3 aromatic rings. The standard InChI is InChI=1S/C15H10N6O4/c22-12-10(4-8-5-17-13-9(8)2-1-3-16-13)25-14(11(12)15(23)24)20-21-6-18-19-7-21/h1-7,20,22H,(H,23,24). The van der Waals surface area contributed by atoms with Crippen LogP contribution in [-0.4, -0.2) is 42.3 Å². The number of furan rings is 1. The highest BCUT2D eigenvalue weighted by atomic mass is 16.4. The van der Waals surface area contributed by atoms with Crippen LogP contribution >= 0.6 is 0 Å². The van der Waals surface area contributed by atoms with Crippen LogP contribution in [0.3, 0.4) is 0 Å². The Bertz CT molecular complexity index is 1020. The van der Waals surface area contributed by atoms with Gasteiger partial charge in [0, 0.05) is 23.5 Å². The number of hydrogen-bond donors (Lipinski definition) is 3. The summed E-state index contributed by atoms with van der Waals surface area (Å²) in [6.07, 6.45) is 7.31. The van der Waals surface area contributed by atoms with Gasteiger partial charge >= 0.3 is 5.97 Å². The molecule has 0 unspecified atom stereocenters. The highest BCUT2D eigenvalue weighted by Gasteiger charge is 2.26. The predicted molar refractivity (Wildman–Crippen MR) is 86.6 cm³/mol. The summed E-state index contributed by atoms with van der Waals surface area (Å²) in [4.78, 5) is 19.7. The average Bonchev–Trinajstić information content (AvgIpc) is 3.30. The zero-order chi connectivity index (χ0) is 17.4. The number of aromatic hydroxyl groups is 1. The van der Waals surface area contributed by atoms with Crippen molar-refractivity contribution in [3.8, 4) is 5.75 Å². The Morgan fingerprint density at radius 1 is 1.32 bits per heavy atom. The van der Waals surface area contributed by atoms with Crippen LogP contribution in [0.4, 0.5) is 11.7 Å². The molecule has 1 aliphatic rings. The van der Waals surface area contributed by atoms with Crippen molar-refractivity contribution in [2.75, 3.05) is 5.43 Å². The first-order valence-corrected chi connectivity index (χ1v) is 7.05. The van der Waals surface area contributed by atoms with Crippen LogP contribution in [0.25, 0.3) is 11.6 Å². The number of hydrogen-bond acceptors (Lipinski definition) is 8. The predicted octanol–water partition coefficient (Wildman–Crippen LogP) is 1.80. The molecule has 0 fully saturated rings. The lowest BCUT2D eigenvalue weighted by atomic mass is 10.1. The van der Waals surface area contributed by atoms with Crippen LogP contribution in [0.2, 0.25) is 0 Å². The van der Waals surface area contributed by atoms with Crippen molar-refractivity contribution in [3.63, 3.8) is 0 Å². The summed E-state index contributed by atoms with van der Waals surface area (Å²) in [5, 5.41) is 26.8. The first kappa shape index (κ1) is 14.6. The topological polar surface area (TPSA) is 139 Å². The summed E-state index contributed by atoms with van der Waals surface area (Å²) in [6.45, 7) is 0. The maximum atomic E-state index is 11.5. The van der Waals surface area contributed by atoms with Gasteiger partial charge in [0.15, 0.2) is 22.9 Å². The summed E-state index contributed by atoms with van der Waals surface area (Å²) in [5.74, 6) is -1.48. The van der Waals surface area contributed by atoms with Crippen LogP contribution in [-0.2, 0) is 0 Å². The van der Waals surface area contributed by atoms with E-state index in [1.165, 1.54) is 23.4 Å². The monoisotopic (exact) mass is 338 g/mol. The van der Waals surface area contributed by atoms with Gasteiger partial charge in [-0.25, -0.2) is 19.4 Å². The number of aromatic nitrogens is 4. The molecular formula is C15H10N6O4. The third kappa shape index (κ3) is 2.51. The molecule has 0 aromatic carbocycles. The zero-order valence-electron chi connectivity index (χ0n) is 12.5. The smallest absolute Gasteiger partial charge is 0.345 e. The molecule has 4 heterocycles. The summed E-state index contributed by atoms with van der Waals surface area (Å²) in [5.41, 5.74) is 3.64. The Morgan fingerprint density at radius 3 is 2.88 bits per heavy atom. The van der Waals surface area contributed by atoms with Gasteiger partial charge in [-0.3, -0.25) is 5.43 Å². The van der Waals surface area contributed by atoms with E-state index < -0.39 is 17.3 Å². The van der Waals surface area contributed by atoms with Gasteiger partial charge in [-0.1, -0.05) is 0 Å². The molecule has 0 amide bonds. The molecule has 3 aromatic heterocycles. The number of nitrogens with one attached hydrogen (secondary N) is 1. The summed E-state index contributed by atoms with van der Waals surface area (Å²) >= 11 is 0. The van der Waals surface area contributed by atoms with Crippen LogP contribution in [0.15, 0.2) is 40.4 Å². The Morgan fingerprint density at radius 2 is 2.12 bits per heavy atom. The van der Waals surface area contributed by atoms with Gasteiger partial charge in [-0.05, 0) is 18.2 Å². The molecule has 1 aliphatic heterocycles. The number of pyridine rings is 1. The number of anilines is 1. The number of rotatable bonds is 4. The second-order valence-corrected chi connectivity index (χ2v) is 5.04. The van der Waals surface area contributed by atoms with Crippen molar-refractivity contribution in [2.24, 2.45) is 4.99 Å². The second-order valence-electron chi connectivity index (χ2n) is 5.04. The number of aliphatic imine (C=N–C) groups is 1. The number of fused-ring (bicyclic) bond motifs is 1. The Balaban J connectivity index is 1.77. The van der Waals surface area contributed by atoms with Crippen molar-refractivity contribution in [2.45, 2.75) is 0 Å². The van der Waals surface area contributed by atoms with Crippen molar-refractivity contribution in [3.05, 3.63) is 47.9 Å². The van der Waals surface area contributed by atoms with Crippen molar-refractivity contribution in [1.29, 1.82) is 0 Å². The van der Waals surface area contributed by atoms with E-state index in [4.69, 9.17) is 4.42 Å². The van der Waals surface area contributed by atoms with E-state index in [1.807, 2.05) is 6.07 Å². The molecule has 4 rings (SSSR count). The number of carboxylic acid groups (broad SMARTS) is 1. The van der Waals surface area contributed by atoms with Gasteiger partial charge in [0.2, 0.25) is 5.88 Å². The first-order valence-electron chi connectivity index (χ1n) is 7.05. The number of carbonyl (C=O) groups is 1. The molecule has 0 radical (unpaired) electrons. The summed E-state index contributed by atoms with van der Waals surface area (Å²) < 4.78 is 6.77. The molecule has 0 saturated carbocycles. The van der Waals surface area contributed by atoms with E-state index >= 15 is 0 Å². The van der Waals surface area contributed by atoms with Crippen molar-refractivity contribution < 1.29 is 19.4 Å². The molecule has 0 spiro atoms. The SMILES string of the molecule is O=C(O)c1c(Nn2cnnc2)oc(C=C2C=Nc3ncccc32)c1O. The van der Waals surface area contributed by atoms with Gasteiger partial charge < -0.3 is 14.6 Å². The highest BCUT2D eigenvalue weighted by molar-refractivity contribution is 6.21. The lowest BCUT2D eigenvalue weighted by molar-refractivity contribution is 0.0694. The Kier molecular flexibility index (Phi) is 3.28. The summed E-state index contributed by atoms with van der Waals surface area (Å²) in [6, 6.07) is 3.57. The minimum Gasteiger partial charge on any atom is -0.504 e. The lowest BCUT2D eigenvalue weighted by Gasteiger charge is -2.02. The number of carboxylic acids is 1. The third-order valence-corrected chi connectivity index (χ3v) is 3.48. The first-order chi connectivity index (χ1) is 12.1. The molecule has 0 aliphatic carbocycles. The van der Waals surface area contributed by atoms with Gasteiger partial charge in [0.05, 0.1) is 0 Å². The molecule has 0 saturated heterocycles. The van der Waals surface area contributed by atoms with Gasteiger partial charge in [0.25, 0.3) is 0 Å². The fraction of sp³-hybridized carbons (Fsp3) is 0. The quantitative estimate of drug-likeness (QED) is 0.654. The number of aromatic carboxylic acids is 1. The molecule has 10 heteroatoms. The molecule has 10 nitrogen and oxygen atoms in total. The van der Waals surface area contributed by atoms with E-state index in [0.29, 0.717) is 11.4 Å². The molecule has 124 valence electrons. The van der Waals surface area contributed by atoms with E-state index in [1.54, 1.807) is 18.5 Å². The number of nitrogens with zero attached hydrogens (tertiary/aromatic N) is 5. The molecule has 3 N–H and O–H groups in total. The van der Waals surface area contributed by atoms with Gasteiger partial charge in [0.1, 0.15) is 12.7 Å². The highest BCUT2D eigenvalue weighted by Crippen LogP contribution is 2.37. The second kappa shape index (κ2) is 5.60. The minimum atomic E-state index is -1.34. The normalized spacial score (nSPS) is 14.0. The molecule has 25 heavy (non-hydrogen) atoms. The van der Waals surface area contributed by atoms with E-state index in [9.17, 15) is 15.0 Å². The maximum Gasteiger partial charge on any atom is 0.345 e. The fourth-order valence-corrected chi connectivity index (χ4v) is 2.37. The van der Waals surface area contributed by atoms with Gasteiger partial charge in [-0.2, -0.15) is 0 Å². The molecular weight excluding hydrogens is 328 g/mol. The number of allylic oxidation sites excluding steroid dienone is 1. The maximum absolute atomic E-state index is 11.5. The summed E-state index contributed by atoms with van der Waals surface area (Å²) in [7, 11) is 0. The average molecular weight is 338 g/mol. The molecule has 0 atom stereocenters. The van der Waals surface area contributed by atoms with Crippen LogP contribution in [0.1, 0.15) is 21.7 Å². The third-order valence-electron chi connectivity index (χ3n) is 3.48. The van der Waals surface area contributed by atoms with Crippen molar-refractivity contribution in [1.82, 2.24) is 19.9 Å². The van der Waals surface area contributed by atoms with Crippen LogP contribution in [0.5, 0.6) is 5.75 Å². The van der Waals surface area contributed by atoms with Crippen molar-refractivity contribution >= 4 is 35.5 Å². The van der Waals surface area contributed by atoms with Crippen LogP contribution < -0.4 is 5.43 Å². The zero-order valence-corrected chi connectivity index (χ0v) is 12.5.